The first kappa shape index (κ1) is 20.4. The van der Waals surface area contributed by atoms with E-state index in [1.165, 1.54) is 34.2 Å². The van der Waals surface area contributed by atoms with Gasteiger partial charge >= 0.3 is 0 Å². The van der Waals surface area contributed by atoms with Crippen molar-refractivity contribution in [3.8, 4) is 22.3 Å². The van der Waals surface area contributed by atoms with Gasteiger partial charge in [0.1, 0.15) is 0 Å². The minimum Gasteiger partial charge on any atom is -0.0622 e. The first-order valence-electron chi connectivity index (χ1n) is 10.4. The molecule has 1 atom stereocenters. The summed E-state index contributed by atoms with van der Waals surface area (Å²) in [5.74, 6) is 0.499. The molecule has 0 nitrogen and oxygen atoms in total. The Bertz CT molecular complexity index is 833. The van der Waals surface area contributed by atoms with Crippen LogP contribution in [0.3, 0.4) is 0 Å². The maximum atomic E-state index is 2.42. The summed E-state index contributed by atoms with van der Waals surface area (Å²) in [6, 6.07) is 28.7. The molecular weight excluding hydrogens is 336 g/mol. The van der Waals surface area contributed by atoms with Crippen LogP contribution in [0, 0.1) is 10.8 Å². The number of hydrogen-bond donors (Lipinski definition) is 0. The topological polar surface area (TPSA) is 0 Å². The van der Waals surface area contributed by atoms with E-state index in [-0.39, 0.29) is 10.8 Å². The molecule has 0 aliphatic heterocycles. The standard InChI is InChI=1S/C28H34/c1-27(2,3)20-26(28(4,5)6)25-18-23(21-13-9-7-10-14-21)17-24(19-25)22-15-11-8-12-16-22/h7-19,26H,20H2,1-6H3. The zero-order chi connectivity index (χ0) is 20.4. The van der Waals surface area contributed by atoms with Crippen LogP contribution < -0.4 is 0 Å². The van der Waals surface area contributed by atoms with Gasteiger partial charge in [-0.2, -0.15) is 0 Å². The van der Waals surface area contributed by atoms with E-state index in [4.69, 9.17) is 0 Å². The van der Waals surface area contributed by atoms with Gasteiger partial charge in [-0.3, -0.25) is 0 Å². The molecule has 0 amide bonds. The van der Waals surface area contributed by atoms with Crippen LogP contribution in [0.1, 0.15) is 59.4 Å². The van der Waals surface area contributed by atoms with E-state index in [1.807, 2.05) is 0 Å². The van der Waals surface area contributed by atoms with Crippen LogP contribution in [0.2, 0.25) is 0 Å². The van der Waals surface area contributed by atoms with Crippen LogP contribution in [0.5, 0.6) is 0 Å². The third-order valence-electron chi connectivity index (χ3n) is 5.43. The predicted molar refractivity (Wildman–Crippen MR) is 124 cm³/mol. The van der Waals surface area contributed by atoms with Crippen molar-refractivity contribution in [3.63, 3.8) is 0 Å². The lowest BCUT2D eigenvalue weighted by Crippen LogP contribution is -2.24. The van der Waals surface area contributed by atoms with Gasteiger partial charge in [0.2, 0.25) is 0 Å². The Morgan fingerprint density at radius 3 is 1.36 bits per heavy atom. The highest BCUT2D eigenvalue weighted by Gasteiger charge is 2.31. The average Bonchev–Trinajstić information content (AvgIpc) is 2.66. The lowest BCUT2D eigenvalue weighted by molar-refractivity contribution is 0.229. The minimum absolute atomic E-state index is 0.205. The van der Waals surface area contributed by atoms with Gasteiger partial charge in [0.05, 0.1) is 0 Å². The third kappa shape index (κ3) is 5.13. The monoisotopic (exact) mass is 370 g/mol. The van der Waals surface area contributed by atoms with Gasteiger partial charge in [0.25, 0.3) is 0 Å². The summed E-state index contributed by atoms with van der Waals surface area (Å²) in [4.78, 5) is 0. The van der Waals surface area contributed by atoms with Crippen molar-refractivity contribution in [2.24, 2.45) is 10.8 Å². The largest absolute Gasteiger partial charge is 0.0622 e. The highest BCUT2D eigenvalue weighted by atomic mass is 14.4. The van der Waals surface area contributed by atoms with Crippen LogP contribution in [0.15, 0.2) is 78.9 Å². The van der Waals surface area contributed by atoms with Gasteiger partial charge in [-0.05, 0) is 57.1 Å². The Morgan fingerprint density at radius 1 is 0.571 bits per heavy atom. The summed E-state index contributed by atoms with van der Waals surface area (Å²) in [6.07, 6.45) is 1.17. The molecule has 3 rings (SSSR count). The van der Waals surface area contributed by atoms with E-state index in [0.29, 0.717) is 5.92 Å². The molecule has 0 heteroatoms. The summed E-state index contributed by atoms with van der Waals surface area (Å²) < 4.78 is 0. The maximum absolute atomic E-state index is 2.42. The summed E-state index contributed by atoms with van der Waals surface area (Å²) in [7, 11) is 0. The first-order valence-corrected chi connectivity index (χ1v) is 10.4. The van der Waals surface area contributed by atoms with Gasteiger partial charge in [0.15, 0.2) is 0 Å². The Hall–Kier alpha value is -2.34. The Kier molecular flexibility index (Phi) is 5.79. The first-order chi connectivity index (χ1) is 13.1. The normalized spacial score (nSPS) is 13.4. The quantitative estimate of drug-likeness (QED) is 0.431. The number of rotatable bonds is 4. The molecule has 0 heterocycles. The molecule has 0 bridgehead atoms. The fraction of sp³-hybridized carbons (Fsp3) is 0.357. The predicted octanol–water partition coefficient (Wildman–Crippen LogP) is 8.59. The molecule has 0 radical (unpaired) electrons. The van der Waals surface area contributed by atoms with Crippen molar-refractivity contribution in [1.29, 1.82) is 0 Å². The Morgan fingerprint density at radius 2 is 1.00 bits per heavy atom. The van der Waals surface area contributed by atoms with Gasteiger partial charge < -0.3 is 0 Å². The van der Waals surface area contributed by atoms with Crippen LogP contribution in [0.4, 0.5) is 0 Å². The molecule has 0 saturated carbocycles. The highest BCUT2D eigenvalue weighted by Crippen LogP contribution is 2.45. The second kappa shape index (κ2) is 7.95. The molecule has 0 fully saturated rings. The lowest BCUT2D eigenvalue weighted by atomic mass is 9.68. The molecule has 0 N–H and O–H groups in total. The molecule has 28 heavy (non-hydrogen) atoms. The zero-order valence-corrected chi connectivity index (χ0v) is 18.3. The smallest absolute Gasteiger partial charge is 0.0108 e. The second-order valence-electron chi connectivity index (χ2n) is 10.3. The van der Waals surface area contributed by atoms with Gasteiger partial charge in [0, 0.05) is 0 Å². The van der Waals surface area contributed by atoms with Crippen LogP contribution in [-0.4, -0.2) is 0 Å². The third-order valence-corrected chi connectivity index (χ3v) is 5.43. The minimum atomic E-state index is 0.205. The molecule has 0 spiro atoms. The second-order valence-corrected chi connectivity index (χ2v) is 10.3. The van der Waals surface area contributed by atoms with Crippen molar-refractivity contribution in [2.75, 3.05) is 0 Å². The zero-order valence-electron chi connectivity index (χ0n) is 18.3. The molecule has 0 saturated heterocycles. The van der Waals surface area contributed by atoms with E-state index in [0.717, 1.165) is 0 Å². The van der Waals surface area contributed by atoms with E-state index < -0.39 is 0 Å². The molecular formula is C28H34. The van der Waals surface area contributed by atoms with Crippen LogP contribution in [0.25, 0.3) is 22.3 Å². The molecule has 3 aromatic rings. The average molecular weight is 371 g/mol. The molecule has 0 aliphatic carbocycles. The summed E-state index contributed by atoms with van der Waals surface area (Å²) in [6.45, 7) is 14.2. The van der Waals surface area contributed by atoms with Crippen LogP contribution in [-0.2, 0) is 0 Å². The van der Waals surface area contributed by atoms with Gasteiger partial charge in [-0.15, -0.1) is 0 Å². The molecule has 3 aromatic carbocycles. The van der Waals surface area contributed by atoms with Gasteiger partial charge in [-0.25, -0.2) is 0 Å². The molecule has 0 aromatic heterocycles. The summed E-state index contributed by atoms with van der Waals surface area (Å²) in [5, 5.41) is 0. The lowest BCUT2D eigenvalue weighted by Gasteiger charge is -2.36. The molecule has 146 valence electrons. The maximum Gasteiger partial charge on any atom is -0.0108 e. The fourth-order valence-electron chi connectivity index (χ4n) is 3.98. The van der Waals surface area contributed by atoms with E-state index >= 15 is 0 Å². The van der Waals surface area contributed by atoms with Gasteiger partial charge in [-0.1, -0.05) is 114 Å². The molecule has 0 aliphatic rings. The van der Waals surface area contributed by atoms with E-state index in [9.17, 15) is 0 Å². The number of benzene rings is 3. The Labute approximate surface area is 171 Å². The van der Waals surface area contributed by atoms with Crippen molar-refractivity contribution in [3.05, 3.63) is 84.4 Å². The number of hydrogen-bond acceptors (Lipinski definition) is 0. The van der Waals surface area contributed by atoms with E-state index in [1.54, 1.807) is 0 Å². The molecule has 1 unspecified atom stereocenters. The van der Waals surface area contributed by atoms with E-state index in [2.05, 4.69) is 120 Å². The van der Waals surface area contributed by atoms with Crippen molar-refractivity contribution in [2.45, 2.75) is 53.9 Å². The summed E-state index contributed by atoms with van der Waals surface area (Å²) in [5.41, 5.74) is 7.11. The fourth-order valence-corrected chi connectivity index (χ4v) is 3.98. The van der Waals surface area contributed by atoms with Crippen LogP contribution >= 0.6 is 0 Å². The van der Waals surface area contributed by atoms with Crippen molar-refractivity contribution >= 4 is 0 Å². The highest BCUT2D eigenvalue weighted by molar-refractivity contribution is 5.74. The SMILES string of the molecule is CC(C)(C)CC(c1cc(-c2ccccc2)cc(-c2ccccc2)c1)C(C)(C)C. The summed E-state index contributed by atoms with van der Waals surface area (Å²) >= 11 is 0. The van der Waals surface area contributed by atoms with Crippen molar-refractivity contribution < 1.29 is 0 Å². The Balaban J connectivity index is 2.19. The van der Waals surface area contributed by atoms with Crippen molar-refractivity contribution in [1.82, 2.24) is 0 Å².